The van der Waals surface area contributed by atoms with E-state index in [1.54, 1.807) is 4.90 Å². The van der Waals surface area contributed by atoms with E-state index in [1.807, 2.05) is 14.1 Å². The molecule has 0 atom stereocenters. The third-order valence-electron chi connectivity index (χ3n) is 3.90. The normalized spacial score (nSPS) is 21.3. The van der Waals surface area contributed by atoms with Crippen LogP contribution in [0.3, 0.4) is 0 Å². The van der Waals surface area contributed by atoms with Crippen LogP contribution in [0.15, 0.2) is 0 Å². The maximum atomic E-state index is 12.0. The highest BCUT2D eigenvalue weighted by atomic mass is 16.2. The molecule has 1 saturated carbocycles. The Labute approximate surface area is 107 Å². The first-order valence-electron chi connectivity index (χ1n) is 7.43. The number of rotatable bonds is 1. The number of carbonyl (C=O) groups is 1. The van der Waals surface area contributed by atoms with Crippen molar-refractivity contribution in [1.29, 1.82) is 0 Å². The Morgan fingerprint density at radius 3 is 1.47 bits per heavy atom. The molecule has 2 heteroatoms. The van der Waals surface area contributed by atoms with Crippen LogP contribution in [0.2, 0.25) is 0 Å². The Morgan fingerprint density at radius 2 is 1.12 bits per heavy atom. The van der Waals surface area contributed by atoms with Crippen LogP contribution in [0.4, 0.5) is 0 Å². The van der Waals surface area contributed by atoms with Crippen molar-refractivity contribution in [1.82, 2.24) is 4.90 Å². The average Bonchev–Trinajstić information content (AvgIpc) is 2.29. The summed E-state index contributed by atoms with van der Waals surface area (Å²) in [6.45, 7) is 0. The van der Waals surface area contributed by atoms with Crippen LogP contribution in [0.1, 0.15) is 70.6 Å². The number of nitrogens with zero attached hydrogens (tertiary/aromatic N) is 1. The molecule has 100 valence electrons. The summed E-state index contributed by atoms with van der Waals surface area (Å²) in [5.41, 5.74) is 0. The summed E-state index contributed by atoms with van der Waals surface area (Å²) >= 11 is 0. The number of carbonyl (C=O) groups excluding carboxylic acids is 1. The predicted molar refractivity (Wildman–Crippen MR) is 73.0 cm³/mol. The summed E-state index contributed by atoms with van der Waals surface area (Å²) in [5, 5.41) is 0. The van der Waals surface area contributed by atoms with Crippen molar-refractivity contribution in [3.63, 3.8) is 0 Å². The molecular weight excluding hydrogens is 210 g/mol. The zero-order valence-electron chi connectivity index (χ0n) is 11.7. The molecule has 2 nitrogen and oxygen atoms in total. The van der Waals surface area contributed by atoms with Gasteiger partial charge in [-0.25, -0.2) is 0 Å². The quantitative estimate of drug-likeness (QED) is 0.677. The number of hydrogen-bond donors (Lipinski definition) is 0. The fourth-order valence-electron chi connectivity index (χ4n) is 2.78. The van der Waals surface area contributed by atoms with E-state index in [-0.39, 0.29) is 0 Å². The molecule has 0 aromatic carbocycles. The van der Waals surface area contributed by atoms with Gasteiger partial charge in [-0.15, -0.1) is 0 Å². The molecule has 1 aliphatic rings. The fourth-order valence-corrected chi connectivity index (χ4v) is 2.78. The van der Waals surface area contributed by atoms with E-state index in [1.165, 1.54) is 57.8 Å². The molecule has 0 aromatic rings. The SMILES string of the molecule is CN(C)C(=O)C1CCCCCCCCCCC1. The second-order valence-electron chi connectivity index (χ2n) is 5.69. The van der Waals surface area contributed by atoms with Crippen LogP contribution >= 0.6 is 0 Å². The molecule has 1 amide bonds. The van der Waals surface area contributed by atoms with E-state index in [9.17, 15) is 4.79 Å². The van der Waals surface area contributed by atoms with Gasteiger partial charge >= 0.3 is 0 Å². The smallest absolute Gasteiger partial charge is 0.225 e. The largest absolute Gasteiger partial charge is 0.349 e. The molecule has 17 heavy (non-hydrogen) atoms. The van der Waals surface area contributed by atoms with Crippen LogP contribution in [-0.4, -0.2) is 24.9 Å². The van der Waals surface area contributed by atoms with Crippen LogP contribution in [0, 0.1) is 5.92 Å². The van der Waals surface area contributed by atoms with Crippen molar-refractivity contribution in [2.75, 3.05) is 14.1 Å². The van der Waals surface area contributed by atoms with Gasteiger partial charge in [0.05, 0.1) is 0 Å². The van der Waals surface area contributed by atoms with Gasteiger partial charge in [-0.1, -0.05) is 57.8 Å². The standard InChI is InChI=1S/C15H29NO/c1-16(2)15(17)14-12-10-8-6-4-3-5-7-9-11-13-14/h14H,3-13H2,1-2H3. The van der Waals surface area contributed by atoms with Gasteiger partial charge in [0.15, 0.2) is 0 Å². The number of hydrogen-bond acceptors (Lipinski definition) is 1. The van der Waals surface area contributed by atoms with Gasteiger partial charge in [0, 0.05) is 20.0 Å². The zero-order chi connectivity index (χ0) is 12.5. The minimum atomic E-state index is 0.296. The van der Waals surface area contributed by atoms with Gasteiger partial charge in [0.1, 0.15) is 0 Å². The predicted octanol–water partition coefficient (Wildman–Crippen LogP) is 4.00. The van der Waals surface area contributed by atoms with Crippen LogP contribution in [-0.2, 0) is 4.79 Å². The van der Waals surface area contributed by atoms with E-state index in [0.29, 0.717) is 11.8 Å². The highest BCUT2D eigenvalue weighted by Gasteiger charge is 2.19. The van der Waals surface area contributed by atoms with E-state index in [4.69, 9.17) is 0 Å². The molecule has 1 aliphatic carbocycles. The molecule has 0 aliphatic heterocycles. The van der Waals surface area contributed by atoms with E-state index in [0.717, 1.165) is 12.8 Å². The second kappa shape index (κ2) is 8.54. The highest BCUT2D eigenvalue weighted by molar-refractivity contribution is 5.78. The first kappa shape index (κ1) is 14.5. The third kappa shape index (κ3) is 6.09. The zero-order valence-corrected chi connectivity index (χ0v) is 11.7. The lowest BCUT2D eigenvalue weighted by Gasteiger charge is -2.21. The maximum absolute atomic E-state index is 12.0. The summed E-state index contributed by atoms with van der Waals surface area (Å²) < 4.78 is 0. The Hall–Kier alpha value is -0.530. The Bertz CT molecular complexity index is 201. The van der Waals surface area contributed by atoms with Crippen molar-refractivity contribution in [2.45, 2.75) is 70.6 Å². The molecular formula is C15H29NO. The summed E-state index contributed by atoms with van der Waals surface area (Å²) in [6, 6.07) is 0. The van der Waals surface area contributed by atoms with Gasteiger partial charge in [0.25, 0.3) is 0 Å². The highest BCUT2D eigenvalue weighted by Crippen LogP contribution is 2.22. The van der Waals surface area contributed by atoms with Crippen molar-refractivity contribution in [3.8, 4) is 0 Å². The number of amides is 1. The van der Waals surface area contributed by atoms with Gasteiger partial charge < -0.3 is 4.90 Å². The molecule has 0 N–H and O–H groups in total. The van der Waals surface area contributed by atoms with Crippen molar-refractivity contribution >= 4 is 5.91 Å². The maximum Gasteiger partial charge on any atom is 0.225 e. The second-order valence-corrected chi connectivity index (χ2v) is 5.69. The van der Waals surface area contributed by atoms with Gasteiger partial charge in [-0.3, -0.25) is 4.79 Å². The molecule has 0 heterocycles. The van der Waals surface area contributed by atoms with Gasteiger partial charge in [-0.05, 0) is 12.8 Å². The molecule has 1 rings (SSSR count). The lowest BCUT2D eigenvalue weighted by Crippen LogP contribution is -2.29. The molecule has 0 radical (unpaired) electrons. The first-order chi connectivity index (χ1) is 8.22. The molecule has 0 saturated heterocycles. The molecule has 0 aromatic heterocycles. The molecule has 0 bridgehead atoms. The summed E-state index contributed by atoms with van der Waals surface area (Å²) in [4.78, 5) is 13.8. The molecule has 1 fully saturated rings. The van der Waals surface area contributed by atoms with Crippen molar-refractivity contribution in [3.05, 3.63) is 0 Å². The van der Waals surface area contributed by atoms with Crippen molar-refractivity contribution in [2.24, 2.45) is 5.92 Å². The lowest BCUT2D eigenvalue weighted by molar-refractivity contribution is -0.133. The minimum absolute atomic E-state index is 0.296. The average molecular weight is 239 g/mol. The van der Waals surface area contributed by atoms with Gasteiger partial charge in [-0.2, -0.15) is 0 Å². The van der Waals surface area contributed by atoms with Crippen LogP contribution in [0.25, 0.3) is 0 Å². The minimum Gasteiger partial charge on any atom is -0.349 e. The van der Waals surface area contributed by atoms with Crippen LogP contribution in [0.5, 0.6) is 0 Å². The van der Waals surface area contributed by atoms with E-state index >= 15 is 0 Å². The third-order valence-corrected chi connectivity index (χ3v) is 3.90. The molecule has 0 spiro atoms. The van der Waals surface area contributed by atoms with E-state index in [2.05, 4.69) is 0 Å². The van der Waals surface area contributed by atoms with Crippen molar-refractivity contribution < 1.29 is 4.79 Å². The van der Waals surface area contributed by atoms with Crippen LogP contribution < -0.4 is 0 Å². The summed E-state index contributed by atoms with van der Waals surface area (Å²) in [6.07, 6.45) is 14.3. The Morgan fingerprint density at radius 1 is 0.765 bits per heavy atom. The first-order valence-corrected chi connectivity index (χ1v) is 7.43. The van der Waals surface area contributed by atoms with E-state index < -0.39 is 0 Å². The Balaban J connectivity index is 2.39. The fraction of sp³-hybridized carbons (Fsp3) is 0.933. The summed E-state index contributed by atoms with van der Waals surface area (Å²) in [7, 11) is 3.77. The topological polar surface area (TPSA) is 20.3 Å². The monoisotopic (exact) mass is 239 g/mol. The summed E-state index contributed by atoms with van der Waals surface area (Å²) in [5.74, 6) is 0.645. The Kier molecular flexibility index (Phi) is 7.30. The van der Waals surface area contributed by atoms with Gasteiger partial charge in [0.2, 0.25) is 5.91 Å². The molecule has 0 unspecified atom stereocenters. The lowest BCUT2D eigenvalue weighted by atomic mass is 9.92.